The zero-order valence-electron chi connectivity index (χ0n) is 12.0. The Labute approximate surface area is 120 Å². The minimum Gasteiger partial charge on any atom is -0.465 e. The molecule has 20 heavy (non-hydrogen) atoms. The molecule has 0 aliphatic rings. The molecule has 0 N–H and O–H groups in total. The highest BCUT2D eigenvalue weighted by atomic mass is 32.2. The van der Waals surface area contributed by atoms with Crippen LogP contribution in [0.1, 0.15) is 32.8 Å². The second kappa shape index (κ2) is 7.28. The zero-order valence-corrected chi connectivity index (χ0v) is 12.8. The van der Waals surface area contributed by atoms with Crippen LogP contribution in [0.4, 0.5) is 0 Å². The molecular formula is C14H20O5S. The first-order valence-corrected chi connectivity index (χ1v) is 8.06. The standard InChI is InChI=1S/C14H20O5S/c1-4-10-18-14(15)11(3)20(16,17)19-13-8-6-12(5-2)7-9-13/h6-9,11H,4-5,10H2,1-3H3/t11-/m1/s1. The highest BCUT2D eigenvalue weighted by molar-refractivity contribution is 7.88. The van der Waals surface area contributed by atoms with Crippen LogP contribution >= 0.6 is 0 Å². The summed E-state index contributed by atoms with van der Waals surface area (Å²) in [6.45, 7) is 5.29. The number of carbonyl (C=O) groups is 1. The summed E-state index contributed by atoms with van der Waals surface area (Å²) >= 11 is 0. The highest BCUT2D eigenvalue weighted by Crippen LogP contribution is 2.17. The smallest absolute Gasteiger partial charge is 0.327 e. The second-order valence-electron chi connectivity index (χ2n) is 4.38. The first-order chi connectivity index (χ1) is 9.40. The lowest BCUT2D eigenvalue weighted by atomic mass is 10.2. The van der Waals surface area contributed by atoms with E-state index < -0.39 is 21.3 Å². The molecule has 112 valence electrons. The van der Waals surface area contributed by atoms with Crippen molar-refractivity contribution in [3.05, 3.63) is 29.8 Å². The molecule has 0 spiro atoms. The molecule has 0 aliphatic carbocycles. The molecule has 0 heterocycles. The van der Waals surface area contributed by atoms with Gasteiger partial charge in [-0.1, -0.05) is 26.0 Å². The van der Waals surface area contributed by atoms with Crippen molar-refractivity contribution in [1.29, 1.82) is 0 Å². The maximum atomic E-state index is 11.9. The van der Waals surface area contributed by atoms with Crippen LogP contribution in [0, 0.1) is 0 Å². The number of ether oxygens (including phenoxy) is 1. The Morgan fingerprint density at radius 1 is 1.20 bits per heavy atom. The molecule has 0 saturated heterocycles. The summed E-state index contributed by atoms with van der Waals surface area (Å²) in [5.41, 5.74) is 1.07. The predicted octanol–water partition coefficient (Wildman–Crippen LogP) is 2.30. The summed E-state index contributed by atoms with van der Waals surface area (Å²) in [4.78, 5) is 11.6. The van der Waals surface area contributed by atoms with Gasteiger partial charge in [-0.3, -0.25) is 4.79 Å². The van der Waals surface area contributed by atoms with Gasteiger partial charge in [0.25, 0.3) is 0 Å². The van der Waals surface area contributed by atoms with E-state index in [0.29, 0.717) is 6.42 Å². The van der Waals surface area contributed by atoms with Crippen molar-refractivity contribution in [3.63, 3.8) is 0 Å². The van der Waals surface area contributed by atoms with Crippen LogP contribution in [0.25, 0.3) is 0 Å². The van der Waals surface area contributed by atoms with Gasteiger partial charge in [0.15, 0.2) is 5.25 Å². The molecule has 0 radical (unpaired) electrons. The SMILES string of the molecule is CCCOC(=O)[C@@H](C)S(=O)(=O)Oc1ccc(CC)cc1. The monoisotopic (exact) mass is 300 g/mol. The average molecular weight is 300 g/mol. The van der Waals surface area contributed by atoms with E-state index in [9.17, 15) is 13.2 Å². The van der Waals surface area contributed by atoms with Gasteiger partial charge in [0.05, 0.1) is 6.61 Å². The summed E-state index contributed by atoms with van der Waals surface area (Å²) in [6.07, 6.45) is 1.49. The van der Waals surface area contributed by atoms with Gasteiger partial charge in [0.2, 0.25) is 0 Å². The molecule has 0 saturated carbocycles. The molecule has 0 fully saturated rings. The van der Waals surface area contributed by atoms with Gasteiger partial charge in [-0.2, -0.15) is 8.42 Å². The van der Waals surface area contributed by atoms with Crippen LogP contribution < -0.4 is 4.18 Å². The van der Waals surface area contributed by atoms with Crippen molar-refractivity contribution in [2.75, 3.05) is 6.61 Å². The molecule has 1 atom stereocenters. The third kappa shape index (κ3) is 4.52. The third-order valence-corrected chi connectivity index (χ3v) is 4.24. The fourth-order valence-electron chi connectivity index (χ4n) is 1.42. The molecule has 1 rings (SSSR count). The van der Waals surface area contributed by atoms with Crippen molar-refractivity contribution < 1.29 is 22.1 Å². The summed E-state index contributed by atoms with van der Waals surface area (Å²) in [5, 5.41) is -1.35. The molecule has 0 aliphatic heterocycles. The van der Waals surface area contributed by atoms with Gasteiger partial charge < -0.3 is 8.92 Å². The number of carbonyl (C=O) groups excluding carboxylic acids is 1. The first kappa shape index (κ1) is 16.5. The Kier molecular flexibility index (Phi) is 6.01. The molecule has 0 bridgehead atoms. The van der Waals surface area contributed by atoms with Crippen molar-refractivity contribution in [2.45, 2.75) is 38.9 Å². The van der Waals surface area contributed by atoms with Crippen molar-refractivity contribution in [2.24, 2.45) is 0 Å². The lowest BCUT2D eigenvalue weighted by Crippen LogP contribution is -2.32. The maximum absolute atomic E-state index is 11.9. The molecule has 0 amide bonds. The number of benzene rings is 1. The Bertz CT molecular complexity index is 533. The molecule has 1 aromatic carbocycles. The number of hydrogen-bond acceptors (Lipinski definition) is 5. The number of aryl methyl sites for hydroxylation is 1. The van der Waals surface area contributed by atoms with Crippen LogP contribution in [-0.2, 0) is 26.1 Å². The summed E-state index contributed by atoms with van der Waals surface area (Å²) in [6, 6.07) is 6.71. The summed E-state index contributed by atoms with van der Waals surface area (Å²) in [5.74, 6) is -0.602. The van der Waals surface area contributed by atoms with E-state index in [4.69, 9.17) is 8.92 Å². The highest BCUT2D eigenvalue weighted by Gasteiger charge is 2.31. The molecule has 6 heteroatoms. The molecule has 0 aromatic heterocycles. The van der Waals surface area contributed by atoms with Crippen molar-refractivity contribution in [3.8, 4) is 5.75 Å². The van der Waals surface area contributed by atoms with Gasteiger partial charge in [0, 0.05) is 0 Å². The Balaban J connectivity index is 2.75. The van der Waals surface area contributed by atoms with Crippen LogP contribution in [0.5, 0.6) is 5.75 Å². The van der Waals surface area contributed by atoms with E-state index in [0.717, 1.165) is 12.0 Å². The van der Waals surface area contributed by atoms with Gasteiger partial charge >= 0.3 is 16.1 Å². The molecule has 0 unspecified atom stereocenters. The summed E-state index contributed by atoms with van der Waals surface area (Å²) < 4.78 is 33.6. The van der Waals surface area contributed by atoms with Crippen molar-refractivity contribution in [1.82, 2.24) is 0 Å². The fraction of sp³-hybridized carbons (Fsp3) is 0.500. The fourth-order valence-corrected chi connectivity index (χ4v) is 2.25. The predicted molar refractivity (Wildman–Crippen MR) is 76.1 cm³/mol. The van der Waals surface area contributed by atoms with Crippen LogP contribution in [0.2, 0.25) is 0 Å². The number of esters is 1. The van der Waals surface area contributed by atoms with E-state index in [-0.39, 0.29) is 12.4 Å². The van der Waals surface area contributed by atoms with Gasteiger partial charge in [-0.25, -0.2) is 0 Å². The van der Waals surface area contributed by atoms with E-state index >= 15 is 0 Å². The van der Waals surface area contributed by atoms with E-state index in [2.05, 4.69) is 0 Å². The van der Waals surface area contributed by atoms with E-state index in [1.54, 1.807) is 24.3 Å². The van der Waals surface area contributed by atoms with Crippen LogP contribution in [-0.4, -0.2) is 26.2 Å². The topological polar surface area (TPSA) is 69.7 Å². The lowest BCUT2D eigenvalue weighted by molar-refractivity contribution is -0.142. The largest absolute Gasteiger partial charge is 0.465 e. The minimum absolute atomic E-state index is 0.192. The molecule has 5 nitrogen and oxygen atoms in total. The van der Waals surface area contributed by atoms with Gasteiger partial charge in [0.1, 0.15) is 5.75 Å². The normalized spacial score (nSPS) is 12.8. The van der Waals surface area contributed by atoms with Crippen molar-refractivity contribution >= 4 is 16.1 Å². The van der Waals surface area contributed by atoms with Crippen LogP contribution in [0.15, 0.2) is 24.3 Å². The Morgan fingerprint density at radius 3 is 2.30 bits per heavy atom. The molecular weight excluding hydrogens is 280 g/mol. The Morgan fingerprint density at radius 2 is 1.80 bits per heavy atom. The average Bonchev–Trinajstić information content (AvgIpc) is 2.44. The van der Waals surface area contributed by atoms with E-state index in [1.807, 2.05) is 13.8 Å². The minimum atomic E-state index is -4.04. The van der Waals surface area contributed by atoms with Crippen LogP contribution in [0.3, 0.4) is 0 Å². The first-order valence-electron chi connectivity index (χ1n) is 6.59. The van der Waals surface area contributed by atoms with Gasteiger partial charge in [-0.15, -0.1) is 0 Å². The lowest BCUT2D eigenvalue weighted by Gasteiger charge is -2.13. The Hall–Kier alpha value is -1.56. The maximum Gasteiger partial charge on any atom is 0.327 e. The number of rotatable bonds is 7. The quantitative estimate of drug-likeness (QED) is 0.571. The second-order valence-corrected chi connectivity index (χ2v) is 6.24. The molecule has 1 aromatic rings. The zero-order chi connectivity index (χ0) is 15.2. The number of hydrogen-bond donors (Lipinski definition) is 0. The van der Waals surface area contributed by atoms with Gasteiger partial charge in [-0.05, 0) is 37.5 Å². The van der Waals surface area contributed by atoms with E-state index in [1.165, 1.54) is 6.92 Å². The third-order valence-electron chi connectivity index (χ3n) is 2.76. The summed E-state index contributed by atoms with van der Waals surface area (Å²) in [7, 11) is -4.04.